The Morgan fingerprint density at radius 3 is 0.936 bits per heavy atom. The SMILES string of the molecule is CCCCCCCCCCCCCCCCCCCCC(=O)OC(CCCCCCCCCCCCC)CCCCCCCC(=O)O. The minimum atomic E-state index is -0.696. The lowest BCUT2D eigenvalue weighted by molar-refractivity contribution is -0.150. The number of carboxylic acid groups (broad SMARTS) is 1. The maximum absolute atomic E-state index is 12.7. The van der Waals surface area contributed by atoms with Gasteiger partial charge in [-0.25, -0.2) is 0 Å². The van der Waals surface area contributed by atoms with Crippen LogP contribution in [0.2, 0.25) is 0 Å². The monoisotopic (exact) mass is 665 g/mol. The second-order valence-corrected chi connectivity index (χ2v) is 14.9. The first kappa shape index (κ1) is 45.9. The summed E-state index contributed by atoms with van der Waals surface area (Å²) in [5, 5.41) is 8.82. The van der Waals surface area contributed by atoms with E-state index in [9.17, 15) is 9.59 Å². The van der Waals surface area contributed by atoms with Crippen molar-refractivity contribution in [1.82, 2.24) is 0 Å². The predicted octanol–water partition coefficient (Wildman–Crippen LogP) is 14.8. The number of carboxylic acids is 1. The summed E-state index contributed by atoms with van der Waals surface area (Å²) >= 11 is 0. The number of carbonyl (C=O) groups excluding carboxylic acids is 1. The molecule has 1 unspecified atom stereocenters. The summed E-state index contributed by atoms with van der Waals surface area (Å²) in [6.45, 7) is 4.57. The Bertz CT molecular complexity index is 633. The van der Waals surface area contributed by atoms with Crippen LogP contribution >= 0.6 is 0 Å². The van der Waals surface area contributed by atoms with Gasteiger partial charge in [-0.1, -0.05) is 206 Å². The number of ether oxygens (including phenoxy) is 1. The molecule has 0 amide bonds. The van der Waals surface area contributed by atoms with Gasteiger partial charge in [0.2, 0.25) is 0 Å². The van der Waals surface area contributed by atoms with E-state index in [0.29, 0.717) is 6.42 Å². The lowest BCUT2D eigenvalue weighted by atomic mass is 10.0. The lowest BCUT2D eigenvalue weighted by Crippen LogP contribution is -2.18. The average molecular weight is 665 g/mol. The van der Waals surface area contributed by atoms with Gasteiger partial charge < -0.3 is 9.84 Å². The summed E-state index contributed by atoms with van der Waals surface area (Å²) in [5.41, 5.74) is 0. The molecular weight excluding hydrogens is 580 g/mol. The van der Waals surface area contributed by atoms with Crippen LogP contribution in [0.1, 0.15) is 258 Å². The smallest absolute Gasteiger partial charge is 0.306 e. The molecule has 0 aliphatic rings. The Morgan fingerprint density at radius 1 is 0.383 bits per heavy atom. The Labute approximate surface area is 294 Å². The number of esters is 1. The zero-order valence-corrected chi connectivity index (χ0v) is 32.1. The van der Waals surface area contributed by atoms with Crippen molar-refractivity contribution < 1.29 is 19.4 Å². The molecule has 280 valence electrons. The summed E-state index contributed by atoms with van der Waals surface area (Å²) in [7, 11) is 0. The Hall–Kier alpha value is -1.06. The van der Waals surface area contributed by atoms with E-state index in [2.05, 4.69) is 13.8 Å². The van der Waals surface area contributed by atoms with Gasteiger partial charge in [-0.3, -0.25) is 9.59 Å². The molecule has 0 aromatic carbocycles. The molecule has 4 nitrogen and oxygen atoms in total. The van der Waals surface area contributed by atoms with E-state index in [1.165, 1.54) is 167 Å². The van der Waals surface area contributed by atoms with Crippen LogP contribution in [0.3, 0.4) is 0 Å². The van der Waals surface area contributed by atoms with Gasteiger partial charge >= 0.3 is 11.9 Å². The molecule has 0 fully saturated rings. The van der Waals surface area contributed by atoms with Crippen LogP contribution in [0.25, 0.3) is 0 Å². The van der Waals surface area contributed by atoms with E-state index in [0.717, 1.165) is 64.2 Å². The minimum absolute atomic E-state index is 0.0102. The van der Waals surface area contributed by atoms with Crippen molar-refractivity contribution in [2.75, 3.05) is 0 Å². The highest BCUT2D eigenvalue weighted by molar-refractivity contribution is 5.69. The van der Waals surface area contributed by atoms with Crippen molar-refractivity contribution in [3.8, 4) is 0 Å². The number of aliphatic carboxylic acids is 1. The minimum Gasteiger partial charge on any atom is -0.481 e. The van der Waals surface area contributed by atoms with Crippen LogP contribution in [-0.2, 0) is 14.3 Å². The van der Waals surface area contributed by atoms with Crippen molar-refractivity contribution in [3.05, 3.63) is 0 Å². The summed E-state index contributed by atoms with van der Waals surface area (Å²) < 4.78 is 6.02. The zero-order chi connectivity index (χ0) is 34.3. The summed E-state index contributed by atoms with van der Waals surface area (Å²) in [5.74, 6) is -0.685. The average Bonchev–Trinajstić information content (AvgIpc) is 3.05. The van der Waals surface area contributed by atoms with E-state index in [1.807, 2.05) is 0 Å². The quantitative estimate of drug-likeness (QED) is 0.0523. The van der Waals surface area contributed by atoms with E-state index in [1.54, 1.807) is 0 Å². The van der Waals surface area contributed by atoms with E-state index in [4.69, 9.17) is 9.84 Å². The predicted molar refractivity (Wildman–Crippen MR) is 204 cm³/mol. The second-order valence-electron chi connectivity index (χ2n) is 14.9. The molecule has 1 atom stereocenters. The van der Waals surface area contributed by atoms with Gasteiger partial charge in [0.05, 0.1) is 0 Å². The maximum Gasteiger partial charge on any atom is 0.306 e. The highest BCUT2D eigenvalue weighted by Crippen LogP contribution is 2.19. The maximum atomic E-state index is 12.7. The second kappa shape index (κ2) is 39.4. The first-order valence-electron chi connectivity index (χ1n) is 21.5. The molecule has 0 saturated carbocycles. The van der Waals surface area contributed by atoms with Gasteiger partial charge in [0.25, 0.3) is 0 Å². The molecule has 0 aromatic rings. The Morgan fingerprint density at radius 2 is 0.638 bits per heavy atom. The van der Waals surface area contributed by atoms with Gasteiger partial charge in [0.1, 0.15) is 6.10 Å². The van der Waals surface area contributed by atoms with Crippen LogP contribution < -0.4 is 0 Å². The summed E-state index contributed by atoms with van der Waals surface area (Å²) in [6.07, 6.45) is 47.0. The highest BCUT2D eigenvalue weighted by Gasteiger charge is 2.14. The molecular formula is C43H84O4. The normalized spacial score (nSPS) is 12.0. The molecule has 0 radical (unpaired) electrons. The topological polar surface area (TPSA) is 63.6 Å². The Kier molecular flexibility index (Phi) is 38.5. The molecule has 0 rings (SSSR count). The molecule has 0 bridgehead atoms. The van der Waals surface area contributed by atoms with Crippen LogP contribution in [0.15, 0.2) is 0 Å². The molecule has 0 aliphatic carbocycles. The largest absolute Gasteiger partial charge is 0.481 e. The zero-order valence-electron chi connectivity index (χ0n) is 32.1. The van der Waals surface area contributed by atoms with Crippen molar-refractivity contribution in [2.45, 2.75) is 264 Å². The number of rotatable bonds is 40. The van der Waals surface area contributed by atoms with Crippen LogP contribution in [0.4, 0.5) is 0 Å². The van der Waals surface area contributed by atoms with E-state index >= 15 is 0 Å². The van der Waals surface area contributed by atoms with E-state index < -0.39 is 5.97 Å². The van der Waals surface area contributed by atoms with Gasteiger partial charge in [-0.2, -0.15) is 0 Å². The number of hydrogen-bond acceptors (Lipinski definition) is 3. The van der Waals surface area contributed by atoms with Gasteiger partial charge in [0.15, 0.2) is 0 Å². The molecule has 4 heteroatoms. The third-order valence-corrected chi connectivity index (χ3v) is 10.1. The van der Waals surface area contributed by atoms with Crippen molar-refractivity contribution in [1.29, 1.82) is 0 Å². The Balaban J connectivity index is 3.90. The molecule has 0 heterocycles. The van der Waals surface area contributed by atoms with Crippen LogP contribution in [-0.4, -0.2) is 23.1 Å². The number of unbranched alkanes of at least 4 members (excludes halogenated alkanes) is 31. The first-order chi connectivity index (χ1) is 23.1. The molecule has 0 spiro atoms. The third kappa shape index (κ3) is 39.3. The fraction of sp³-hybridized carbons (Fsp3) is 0.953. The first-order valence-corrected chi connectivity index (χ1v) is 21.5. The number of hydrogen-bond donors (Lipinski definition) is 1. The van der Waals surface area contributed by atoms with E-state index in [-0.39, 0.29) is 18.5 Å². The van der Waals surface area contributed by atoms with Crippen molar-refractivity contribution >= 4 is 11.9 Å². The number of carbonyl (C=O) groups is 2. The van der Waals surface area contributed by atoms with Crippen molar-refractivity contribution in [3.63, 3.8) is 0 Å². The molecule has 0 saturated heterocycles. The summed E-state index contributed by atoms with van der Waals surface area (Å²) in [6, 6.07) is 0. The van der Waals surface area contributed by atoms with Crippen LogP contribution in [0, 0.1) is 0 Å². The van der Waals surface area contributed by atoms with Crippen LogP contribution in [0.5, 0.6) is 0 Å². The standard InChI is InChI=1S/C43H84O4/c1-3-5-7-9-11-13-15-16-17-18-19-20-21-23-25-27-32-36-40-43(46)47-41(38-34-30-28-31-35-39-42(44)45)37-33-29-26-24-22-14-12-10-8-6-4-2/h41H,3-40H2,1-2H3,(H,44,45). The molecule has 0 aliphatic heterocycles. The highest BCUT2D eigenvalue weighted by atomic mass is 16.5. The van der Waals surface area contributed by atoms with Gasteiger partial charge in [-0.05, 0) is 38.5 Å². The molecule has 0 aromatic heterocycles. The van der Waals surface area contributed by atoms with Gasteiger partial charge in [-0.15, -0.1) is 0 Å². The van der Waals surface area contributed by atoms with Gasteiger partial charge in [0, 0.05) is 12.8 Å². The lowest BCUT2D eigenvalue weighted by Gasteiger charge is -2.18. The van der Waals surface area contributed by atoms with Crippen molar-refractivity contribution in [2.24, 2.45) is 0 Å². The molecule has 1 N–H and O–H groups in total. The third-order valence-electron chi connectivity index (χ3n) is 10.1. The summed E-state index contributed by atoms with van der Waals surface area (Å²) in [4.78, 5) is 23.4. The fourth-order valence-corrected chi connectivity index (χ4v) is 6.89. The molecule has 47 heavy (non-hydrogen) atoms. The fourth-order valence-electron chi connectivity index (χ4n) is 6.89.